The van der Waals surface area contributed by atoms with Gasteiger partial charge < -0.3 is 15.7 Å². The lowest BCUT2D eigenvalue weighted by atomic mass is 10.0. The number of piperazine rings is 1. The maximum absolute atomic E-state index is 9.88. The second-order valence-electron chi connectivity index (χ2n) is 5.57. The molecule has 96 valence electrons. The molecule has 3 unspecified atom stereocenters. The van der Waals surface area contributed by atoms with Crippen molar-refractivity contribution < 1.29 is 5.11 Å². The van der Waals surface area contributed by atoms with E-state index in [0.717, 1.165) is 26.1 Å². The minimum Gasteiger partial charge on any atom is -0.389 e. The van der Waals surface area contributed by atoms with Gasteiger partial charge in [-0.25, -0.2) is 0 Å². The highest BCUT2D eigenvalue weighted by atomic mass is 16.3. The van der Waals surface area contributed by atoms with Crippen molar-refractivity contribution in [1.29, 1.82) is 0 Å². The molecule has 0 aliphatic carbocycles. The predicted octanol–water partition coefficient (Wildman–Crippen LogP) is 0.111. The molecule has 0 aromatic carbocycles. The SMILES string of the molecule is CC1CN(CCC(C)(O)CN)CC(C)N1C. The molecule has 1 aliphatic rings. The van der Waals surface area contributed by atoms with Gasteiger partial charge in [-0.3, -0.25) is 4.90 Å². The van der Waals surface area contributed by atoms with Gasteiger partial charge in [-0.05, 0) is 34.2 Å². The highest BCUT2D eigenvalue weighted by Crippen LogP contribution is 2.15. The van der Waals surface area contributed by atoms with Gasteiger partial charge in [-0.2, -0.15) is 0 Å². The molecule has 0 bridgehead atoms. The van der Waals surface area contributed by atoms with E-state index in [-0.39, 0.29) is 0 Å². The summed E-state index contributed by atoms with van der Waals surface area (Å²) in [7, 11) is 2.18. The van der Waals surface area contributed by atoms with Crippen molar-refractivity contribution >= 4 is 0 Å². The first kappa shape index (κ1) is 13.9. The van der Waals surface area contributed by atoms with Crippen LogP contribution in [0.1, 0.15) is 27.2 Å². The number of hydrogen-bond donors (Lipinski definition) is 2. The van der Waals surface area contributed by atoms with E-state index in [1.54, 1.807) is 0 Å². The summed E-state index contributed by atoms with van der Waals surface area (Å²) in [6.07, 6.45) is 0.757. The molecule has 3 N–H and O–H groups in total. The van der Waals surface area contributed by atoms with E-state index in [1.165, 1.54) is 0 Å². The number of likely N-dealkylation sites (N-methyl/N-ethyl adjacent to an activating group) is 1. The monoisotopic (exact) mass is 229 g/mol. The lowest BCUT2D eigenvalue weighted by molar-refractivity contribution is 0.0202. The van der Waals surface area contributed by atoms with Gasteiger partial charge in [-0.1, -0.05) is 0 Å². The smallest absolute Gasteiger partial charge is 0.0753 e. The molecule has 3 atom stereocenters. The summed E-state index contributed by atoms with van der Waals surface area (Å²) in [5.41, 5.74) is 4.81. The molecule has 0 amide bonds. The van der Waals surface area contributed by atoms with E-state index in [4.69, 9.17) is 5.73 Å². The average Bonchev–Trinajstić information content (AvgIpc) is 2.23. The van der Waals surface area contributed by atoms with Gasteiger partial charge in [0, 0.05) is 38.3 Å². The topological polar surface area (TPSA) is 52.7 Å². The molecular weight excluding hydrogens is 202 g/mol. The number of rotatable bonds is 4. The van der Waals surface area contributed by atoms with Crippen LogP contribution in [-0.4, -0.2) is 65.8 Å². The molecule has 1 heterocycles. The number of nitrogens with two attached hydrogens (primary N) is 1. The molecule has 0 radical (unpaired) electrons. The van der Waals surface area contributed by atoms with Gasteiger partial charge in [0.25, 0.3) is 0 Å². The Labute approximate surface area is 99.4 Å². The Bertz CT molecular complexity index is 208. The lowest BCUT2D eigenvalue weighted by Gasteiger charge is -2.43. The first-order valence-corrected chi connectivity index (χ1v) is 6.22. The van der Waals surface area contributed by atoms with Crippen molar-refractivity contribution in [2.45, 2.75) is 44.9 Å². The summed E-state index contributed by atoms with van der Waals surface area (Å²) in [5, 5.41) is 9.88. The summed E-state index contributed by atoms with van der Waals surface area (Å²) >= 11 is 0. The Balaban J connectivity index is 2.39. The zero-order valence-corrected chi connectivity index (χ0v) is 11.1. The molecular formula is C12H27N3O. The van der Waals surface area contributed by atoms with Crippen LogP contribution < -0.4 is 5.73 Å². The van der Waals surface area contributed by atoms with Crippen molar-refractivity contribution in [3.8, 4) is 0 Å². The highest BCUT2D eigenvalue weighted by Gasteiger charge is 2.27. The predicted molar refractivity (Wildman–Crippen MR) is 67.4 cm³/mol. The van der Waals surface area contributed by atoms with E-state index < -0.39 is 5.60 Å². The Morgan fingerprint density at radius 2 is 1.81 bits per heavy atom. The molecule has 16 heavy (non-hydrogen) atoms. The molecule has 1 aliphatic heterocycles. The number of hydrogen-bond acceptors (Lipinski definition) is 4. The van der Waals surface area contributed by atoms with Crippen molar-refractivity contribution in [3.63, 3.8) is 0 Å². The van der Waals surface area contributed by atoms with E-state index in [9.17, 15) is 5.11 Å². The van der Waals surface area contributed by atoms with Crippen LogP contribution in [0.15, 0.2) is 0 Å². The minimum atomic E-state index is -0.712. The number of aliphatic hydroxyl groups is 1. The van der Waals surface area contributed by atoms with Crippen LogP contribution in [0.25, 0.3) is 0 Å². The summed E-state index contributed by atoms with van der Waals surface area (Å²) in [6, 6.07) is 1.18. The summed E-state index contributed by atoms with van der Waals surface area (Å²) in [6.45, 7) is 9.77. The normalized spacial score (nSPS) is 32.6. The van der Waals surface area contributed by atoms with Crippen LogP contribution >= 0.6 is 0 Å². The fourth-order valence-electron chi connectivity index (χ4n) is 2.20. The third-order valence-corrected chi connectivity index (χ3v) is 3.84. The van der Waals surface area contributed by atoms with Crippen molar-refractivity contribution in [2.24, 2.45) is 5.73 Å². The van der Waals surface area contributed by atoms with E-state index >= 15 is 0 Å². The van der Waals surface area contributed by atoms with Crippen molar-refractivity contribution in [1.82, 2.24) is 9.80 Å². The summed E-state index contributed by atoms with van der Waals surface area (Å²) < 4.78 is 0. The van der Waals surface area contributed by atoms with Crippen LogP contribution in [-0.2, 0) is 0 Å². The van der Waals surface area contributed by atoms with Crippen LogP contribution in [0.3, 0.4) is 0 Å². The maximum Gasteiger partial charge on any atom is 0.0753 e. The fourth-order valence-corrected chi connectivity index (χ4v) is 2.20. The minimum absolute atomic E-state index is 0.339. The van der Waals surface area contributed by atoms with Gasteiger partial charge >= 0.3 is 0 Å². The van der Waals surface area contributed by atoms with Crippen molar-refractivity contribution in [2.75, 3.05) is 33.2 Å². The van der Waals surface area contributed by atoms with Gasteiger partial charge in [0.15, 0.2) is 0 Å². The first-order valence-electron chi connectivity index (χ1n) is 6.22. The van der Waals surface area contributed by atoms with Crippen LogP contribution in [0, 0.1) is 0 Å². The third kappa shape index (κ3) is 3.70. The molecule has 0 spiro atoms. The van der Waals surface area contributed by atoms with Gasteiger partial charge in [-0.15, -0.1) is 0 Å². The highest BCUT2D eigenvalue weighted by molar-refractivity contribution is 4.84. The Kier molecular flexibility index (Phi) is 4.73. The molecule has 4 heteroatoms. The quantitative estimate of drug-likeness (QED) is 0.718. The van der Waals surface area contributed by atoms with Gasteiger partial charge in [0.1, 0.15) is 0 Å². The Morgan fingerprint density at radius 3 is 2.25 bits per heavy atom. The zero-order valence-electron chi connectivity index (χ0n) is 11.1. The molecule has 0 aromatic rings. The molecule has 1 saturated heterocycles. The second kappa shape index (κ2) is 5.45. The van der Waals surface area contributed by atoms with Crippen LogP contribution in [0.5, 0.6) is 0 Å². The molecule has 1 fully saturated rings. The van der Waals surface area contributed by atoms with Crippen LogP contribution in [0.2, 0.25) is 0 Å². The second-order valence-corrected chi connectivity index (χ2v) is 5.57. The fraction of sp³-hybridized carbons (Fsp3) is 1.00. The van der Waals surface area contributed by atoms with E-state index in [0.29, 0.717) is 18.6 Å². The third-order valence-electron chi connectivity index (χ3n) is 3.84. The largest absolute Gasteiger partial charge is 0.389 e. The molecule has 0 aromatic heterocycles. The maximum atomic E-state index is 9.88. The van der Waals surface area contributed by atoms with Gasteiger partial charge in [0.05, 0.1) is 5.60 Å². The number of nitrogens with zero attached hydrogens (tertiary/aromatic N) is 2. The Hall–Kier alpha value is -0.160. The molecule has 0 saturated carbocycles. The Morgan fingerprint density at radius 1 is 1.31 bits per heavy atom. The van der Waals surface area contributed by atoms with Crippen molar-refractivity contribution in [3.05, 3.63) is 0 Å². The lowest BCUT2D eigenvalue weighted by Crippen LogP contribution is -2.55. The van der Waals surface area contributed by atoms with Crippen LogP contribution in [0.4, 0.5) is 0 Å². The first-order chi connectivity index (χ1) is 7.35. The standard InChI is InChI=1S/C12H27N3O/c1-10-7-15(8-11(2)14(10)4)6-5-12(3,16)9-13/h10-11,16H,5-9,13H2,1-4H3. The molecule has 4 nitrogen and oxygen atoms in total. The van der Waals surface area contributed by atoms with Gasteiger partial charge in [0.2, 0.25) is 0 Å². The zero-order chi connectivity index (χ0) is 12.3. The average molecular weight is 229 g/mol. The molecule has 1 rings (SSSR count). The summed E-state index contributed by atoms with van der Waals surface area (Å²) in [4.78, 5) is 4.84. The van der Waals surface area contributed by atoms with E-state index in [2.05, 4.69) is 30.7 Å². The summed E-state index contributed by atoms with van der Waals surface area (Å²) in [5.74, 6) is 0. The van der Waals surface area contributed by atoms with E-state index in [1.807, 2.05) is 6.92 Å².